The maximum atomic E-state index is 12.9. The van der Waals surface area contributed by atoms with Gasteiger partial charge in [0.2, 0.25) is 5.91 Å². The third-order valence-corrected chi connectivity index (χ3v) is 6.33. The summed E-state index contributed by atoms with van der Waals surface area (Å²) in [7, 11) is 0. The monoisotopic (exact) mass is 401 g/mol. The van der Waals surface area contributed by atoms with E-state index in [-0.39, 0.29) is 23.8 Å². The molecule has 5 rings (SSSR count). The zero-order valence-corrected chi connectivity index (χ0v) is 17.3. The Hall–Kier alpha value is -3.08. The van der Waals surface area contributed by atoms with Gasteiger partial charge >= 0.3 is 0 Å². The first kappa shape index (κ1) is 18.9. The molecule has 0 spiro atoms. The molecule has 2 amide bonds. The molecule has 0 saturated heterocycles. The van der Waals surface area contributed by atoms with E-state index in [1.807, 2.05) is 49.4 Å². The van der Waals surface area contributed by atoms with Crippen LogP contribution in [0.2, 0.25) is 0 Å². The Bertz CT molecular complexity index is 1110. The van der Waals surface area contributed by atoms with Gasteiger partial charge in [-0.1, -0.05) is 12.1 Å². The SMILES string of the molecule is CC(NC(=O)c1ccc2[nH]c3c(c2c1)CCCC3)c1ccc(NC(=O)C2CC2)cc1. The molecular weight excluding hydrogens is 374 g/mol. The second kappa shape index (κ2) is 7.63. The number of rotatable bonds is 5. The van der Waals surface area contributed by atoms with Crippen LogP contribution in [-0.4, -0.2) is 16.8 Å². The number of nitrogens with one attached hydrogen (secondary N) is 3. The number of fused-ring (bicyclic) bond motifs is 3. The Labute approximate surface area is 176 Å². The van der Waals surface area contributed by atoms with E-state index in [1.165, 1.54) is 29.5 Å². The molecule has 1 heterocycles. The third-order valence-electron chi connectivity index (χ3n) is 6.33. The number of carbonyl (C=O) groups excluding carboxylic acids is 2. The first-order valence-electron chi connectivity index (χ1n) is 10.9. The van der Waals surface area contributed by atoms with Crippen LogP contribution in [0.4, 0.5) is 5.69 Å². The molecule has 1 atom stereocenters. The standard InChI is InChI=1S/C25H27N3O2/c1-15(16-8-11-19(12-9-16)27-24(29)17-6-7-17)26-25(30)18-10-13-23-21(14-18)20-4-2-3-5-22(20)28-23/h8-15,17,28H,2-7H2,1H3,(H,26,30)(H,27,29). The minimum Gasteiger partial charge on any atom is -0.358 e. The van der Waals surface area contributed by atoms with Crippen molar-refractivity contribution in [2.24, 2.45) is 5.92 Å². The van der Waals surface area contributed by atoms with Gasteiger partial charge in [-0.25, -0.2) is 0 Å². The molecule has 1 fully saturated rings. The van der Waals surface area contributed by atoms with Crippen LogP contribution in [0.5, 0.6) is 0 Å². The molecule has 2 aliphatic carbocycles. The number of aromatic nitrogens is 1. The summed E-state index contributed by atoms with van der Waals surface area (Å²) >= 11 is 0. The number of carbonyl (C=O) groups is 2. The summed E-state index contributed by atoms with van der Waals surface area (Å²) in [6, 6.07) is 13.5. The van der Waals surface area contributed by atoms with Crippen molar-refractivity contribution in [3.05, 3.63) is 64.8 Å². The van der Waals surface area contributed by atoms with Crippen LogP contribution in [0.3, 0.4) is 0 Å². The Balaban J connectivity index is 1.28. The van der Waals surface area contributed by atoms with Crippen LogP contribution in [-0.2, 0) is 17.6 Å². The van der Waals surface area contributed by atoms with Crippen molar-refractivity contribution in [1.82, 2.24) is 10.3 Å². The highest BCUT2D eigenvalue weighted by Crippen LogP contribution is 2.31. The van der Waals surface area contributed by atoms with Crippen molar-refractivity contribution in [2.45, 2.75) is 51.5 Å². The maximum Gasteiger partial charge on any atom is 0.251 e. The fraction of sp³-hybridized carbons (Fsp3) is 0.360. The van der Waals surface area contributed by atoms with Crippen molar-refractivity contribution in [2.75, 3.05) is 5.32 Å². The van der Waals surface area contributed by atoms with Gasteiger partial charge in [-0.2, -0.15) is 0 Å². The molecule has 1 aromatic heterocycles. The number of aryl methyl sites for hydroxylation is 2. The highest BCUT2D eigenvalue weighted by molar-refractivity contribution is 5.99. The second-order valence-corrected chi connectivity index (χ2v) is 8.63. The van der Waals surface area contributed by atoms with Crippen molar-refractivity contribution in [1.29, 1.82) is 0 Å². The van der Waals surface area contributed by atoms with Gasteiger partial charge in [0.1, 0.15) is 0 Å². The van der Waals surface area contributed by atoms with Gasteiger partial charge in [0.15, 0.2) is 0 Å². The van der Waals surface area contributed by atoms with E-state index in [1.54, 1.807) is 0 Å². The molecule has 154 valence electrons. The smallest absolute Gasteiger partial charge is 0.251 e. The van der Waals surface area contributed by atoms with Gasteiger partial charge in [-0.15, -0.1) is 0 Å². The van der Waals surface area contributed by atoms with Gasteiger partial charge in [-0.3, -0.25) is 9.59 Å². The van der Waals surface area contributed by atoms with E-state index in [9.17, 15) is 9.59 Å². The highest BCUT2D eigenvalue weighted by atomic mass is 16.2. The van der Waals surface area contributed by atoms with Gasteiger partial charge in [0.25, 0.3) is 5.91 Å². The molecule has 0 bridgehead atoms. The lowest BCUT2D eigenvalue weighted by atomic mass is 9.95. The summed E-state index contributed by atoms with van der Waals surface area (Å²) in [5.74, 6) is 0.221. The molecule has 1 unspecified atom stereocenters. The third kappa shape index (κ3) is 3.72. The molecule has 3 N–H and O–H groups in total. The predicted octanol–water partition coefficient (Wildman–Crippen LogP) is 4.89. The van der Waals surface area contributed by atoms with Crippen molar-refractivity contribution in [3.8, 4) is 0 Å². The van der Waals surface area contributed by atoms with E-state index in [2.05, 4.69) is 15.6 Å². The van der Waals surface area contributed by atoms with E-state index in [0.29, 0.717) is 5.56 Å². The molecule has 2 aliphatic rings. The molecule has 0 radical (unpaired) electrons. The fourth-order valence-electron chi connectivity index (χ4n) is 4.36. The Morgan fingerprint density at radius 1 is 1.03 bits per heavy atom. The van der Waals surface area contributed by atoms with Crippen molar-refractivity contribution in [3.63, 3.8) is 0 Å². The van der Waals surface area contributed by atoms with E-state index < -0.39 is 0 Å². The lowest BCUT2D eigenvalue weighted by Gasteiger charge is -2.15. The highest BCUT2D eigenvalue weighted by Gasteiger charge is 2.29. The van der Waals surface area contributed by atoms with Gasteiger partial charge in [0, 0.05) is 33.8 Å². The number of amides is 2. The number of hydrogen-bond acceptors (Lipinski definition) is 2. The average molecular weight is 402 g/mol. The van der Waals surface area contributed by atoms with Crippen LogP contribution in [0, 0.1) is 5.92 Å². The number of anilines is 1. The Morgan fingerprint density at radius 3 is 2.57 bits per heavy atom. The molecule has 5 nitrogen and oxygen atoms in total. The zero-order chi connectivity index (χ0) is 20.7. The lowest BCUT2D eigenvalue weighted by Crippen LogP contribution is -2.26. The van der Waals surface area contributed by atoms with E-state index in [4.69, 9.17) is 0 Å². The lowest BCUT2D eigenvalue weighted by molar-refractivity contribution is -0.117. The summed E-state index contributed by atoms with van der Waals surface area (Å²) in [5, 5.41) is 7.23. The zero-order valence-electron chi connectivity index (χ0n) is 17.3. The van der Waals surface area contributed by atoms with Crippen molar-refractivity contribution >= 4 is 28.4 Å². The first-order chi connectivity index (χ1) is 14.6. The van der Waals surface area contributed by atoms with E-state index in [0.717, 1.165) is 42.5 Å². The molecule has 3 aromatic rings. The number of H-pyrrole nitrogens is 1. The van der Waals surface area contributed by atoms with Gasteiger partial charge in [0.05, 0.1) is 6.04 Å². The molecular formula is C25H27N3O2. The summed E-state index contributed by atoms with van der Waals surface area (Å²) < 4.78 is 0. The van der Waals surface area contributed by atoms with E-state index >= 15 is 0 Å². The number of hydrogen-bond donors (Lipinski definition) is 3. The minimum absolute atomic E-state index is 0.0683. The quantitative estimate of drug-likeness (QED) is 0.570. The fourth-order valence-corrected chi connectivity index (χ4v) is 4.36. The van der Waals surface area contributed by atoms with Gasteiger partial charge < -0.3 is 15.6 Å². The average Bonchev–Trinajstić information content (AvgIpc) is 3.55. The minimum atomic E-state index is -0.124. The molecule has 5 heteroatoms. The molecule has 0 aliphatic heterocycles. The summed E-state index contributed by atoms with van der Waals surface area (Å²) in [6.45, 7) is 1.98. The predicted molar refractivity (Wildman–Crippen MR) is 119 cm³/mol. The summed E-state index contributed by atoms with van der Waals surface area (Å²) in [6.07, 6.45) is 6.60. The van der Waals surface area contributed by atoms with Crippen LogP contribution >= 0.6 is 0 Å². The molecule has 1 saturated carbocycles. The Kier molecular flexibility index (Phi) is 4.81. The van der Waals surface area contributed by atoms with Crippen LogP contribution in [0.25, 0.3) is 10.9 Å². The largest absolute Gasteiger partial charge is 0.358 e. The molecule has 30 heavy (non-hydrogen) atoms. The number of benzene rings is 2. The summed E-state index contributed by atoms with van der Waals surface area (Å²) in [5.41, 5.74) is 6.33. The first-order valence-corrected chi connectivity index (χ1v) is 10.9. The normalized spacial score (nSPS) is 16.7. The van der Waals surface area contributed by atoms with Crippen LogP contribution < -0.4 is 10.6 Å². The number of aromatic amines is 1. The van der Waals surface area contributed by atoms with Crippen LogP contribution in [0.1, 0.15) is 65.8 Å². The van der Waals surface area contributed by atoms with Crippen LogP contribution in [0.15, 0.2) is 42.5 Å². The summed E-state index contributed by atoms with van der Waals surface area (Å²) in [4.78, 5) is 28.3. The topological polar surface area (TPSA) is 74.0 Å². The molecule has 2 aromatic carbocycles. The van der Waals surface area contributed by atoms with Crippen molar-refractivity contribution < 1.29 is 9.59 Å². The second-order valence-electron chi connectivity index (χ2n) is 8.63. The maximum absolute atomic E-state index is 12.9. The Morgan fingerprint density at radius 2 is 1.80 bits per heavy atom. The van der Waals surface area contributed by atoms with Gasteiger partial charge in [-0.05, 0) is 86.9 Å².